The molecule has 0 bridgehead atoms. The van der Waals surface area contributed by atoms with Crippen LogP contribution in [0.4, 0.5) is 5.82 Å². The summed E-state index contributed by atoms with van der Waals surface area (Å²) in [6.45, 7) is 1.73. The van der Waals surface area contributed by atoms with Crippen molar-refractivity contribution in [1.29, 1.82) is 0 Å². The van der Waals surface area contributed by atoms with Crippen molar-refractivity contribution in [3.05, 3.63) is 26.9 Å². The summed E-state index contributed by atoms with van der Waals surface area (Å²) in [4.78, 5) is 12.9. The molecule has 1 heterocycles. The minimum atomic E-state index is -3.88. The van der Waals surface area contributed by atoms with Crippen molar-refractivity contribution < 1.29 is 13.3 Å². The lowest BCUT2D eigenvalue weighted by Crippen LogP contribution is -2.24. The van der Waals surface area contributed by atoms with E-state index in [1.54, 1.807) is 6.92 Å². The summed E-state index contributed by atoms with van der Waals surface area (Å²) in [5, 5.41) is 10.7. The van der Waals surface area contributed by atoms with Crippen LogP contribution in [-0.2, 0) is 10.0 Å². The van der Waals surface area contributed by atoms with Gasteiger partial charge in [0.25, 0.3) is 0 Å². The van der Waals surface area contributed by atoms with Crippen molar-refractivity contribution in [2.75, 3.05) is 6.54 Å². The minimum absolute atomic E-state index is 0.148. The largest absolute Gasteiger partial charge is 0.384 e. The van der Waals surface area contributed by atoms with Crippen LogP contribution < -0.4 is 4.72 Å². The monoisotopic (exact) mass is 309 g/mol. The Morgan fingerprint density at radius 2 is 2.19 bits per heavy atom. The highest BCUT2D eigenvalue weighted by Crippen LogP contribution is 2.23. The van der Waals surface area contributed by atoms with Gasteiger partial charge in [0, 0.05) is 22.5 Å². The van der Waals surface area contributed by atoms with E-state index in [0.717, 1.165) is 6.07 Å². The first-order valence-corrected chi connectivity index (χ1v) is 6.46. The van der Waals surface area contributed by atoms with Crippen molar-refractivity contribution in [3.63, 3.8) is 0 Å². The van der Waals surface area contributed by atoms with Gasteiger partial charge >= 0.3 is 5.82 Å². The molecule has 0 amide bonds. The van der Waals surface area contributed by atoms with E-state index >= 15 is 0 Å². The summed E-state index contributed by atoms with van der Waals surface area (Å²) in [5.74, 6) is -0.699. The highest BCUT2D eigenvalue weighted by atomic mass is 79.9. The molecule has 0 spiro atoms. The van der Waals surface area contributed by atoms with Crippen LogP contribution in [0, 0.1) is 10.1 Å². The molecule has 88 valence electrons. The number of nitrogens with zero attached hydrogens (tertiary/aromatic N) is 2. The maximum atomic E-state index is 11.6. The van der Waals surface area contributed by atoms with Crippen molar-refractivity contribution >= 4 is 31.8 Å². The first-order valence-electron chi connectivity index (χ1n) is 4.19. The van der Waals surface area contributed by atoms with Gasteiger partial charge in [-0.15, -0.1) is 0 Å². The molecule has 1 aromatic heterocycles. The van der Waals surface area contributed by atoms with Crippen molar-refractivity contribution in [1.82, 2.24) is 9.71 Å². The summed E-state index contributed by atoms with van der Waals surface area (Å²) < 4.78 is 25.6. The molecule has 9 heteroatoms. The predicted octanol–water partition coefficient (Wildman–Crippen LogP) is 1.05. The molecule has 0 aliphatic carbocycles. The summed E-state index contributed by atoms with van der Waals surface area (Å²) in [5.41, 5.74) is 0. The normalized spacial score (nSPS) is 11.4. The summed E-state index contributed by atoms with van der Waals surface area (Å²) in [7, 11) is -3.88. The number of hydrogen-bond donors (Lipinski definition) is 1. The Labute approximate surface area is 100 Å². The number of rotatable bonds is 4. The fraction of sp³-hybridized carbons (Fsp3) is 0.286. The average molecular weight is 310 g/mol. The topological polar surface area (TPSA) is 102 Å². The molecular formula is C7H8BrN3O4S. The Morgan fingerprint density at radius 3 is 2.69 bits per heavy atom. The molecule has 0 radical (unpaired) electrons. The molecule has 0 saturated heterocycles. The second-order valence-corrected chi connectivity index (χ2v) is 5.26. The fourth-order valence-corrected chi connectivity index (χ4v) is 2.46. The molecule has 0 unspecified atom stereocenters. The fourth-order valence-electron chi connectivity index (χ4n) is 1.02. The van der Waals surface area contributed by atoms with Gasteiger partial charge in [0.1, 0.15) is 0 Å². The third-order valence-electron chi connectivity index (χ3n) is 1.60. The molecule has 0 saturated carbocycles. The number of hydrogen-bond acceptors (Lipinski definition) is 5. The summed E-state index contributed by atoms with van der Waals surface area (Å²) in [6.07, 6.45) is 0. The molecule has 16 heavy (non-hydrogen) atoms. The zero-order valence-electron chi connectivity index (χ0n) is 8.18. The first kappa shape index (κ1) is 13.0. The first-order chi connectivity index (χ1) is 7.38. The summed E-state index contributed by atoms with van der Waals surface area (Å²) >= 11 is 2.94. The third kappa shape index (κ3) is 2.74. The molecule has 0 aliphatic heterocycles. The van der Waals surface area contributed by atoms with Crippen molar-refractivity contribution in [2.45, 2.75) is 11.8 Å². The summed E-state index contributed by atoms with van der Waals surface area (Å²) in [6, 6.07) is 2.46. The number of pyridine rings is 1. The molecule has 7 nitrogen and oxygen atoms in total. The van der Waals surface area contributed by atoms with Crippen LogP contribution in [0.1, 0.15) is 6.92 Å². The average Bonchev–Trinajstić information content (AvgIpc) is 2.16. The number of nitro groups is 1. The lowest BCUT2D eigenvalue weighted by Gasteiger charge is -2.04. The molecule has 1 aromatic rings. The highest BCUT2D eigenvalue weighted by molar-refractivity contribution is 9.10. The van der Waals surface area contributed by atoms with Gasteiger partial charge in [-0.1, -0.05) is 6.92 Å². The van der Waals surface area contributed by atoms with Gasteiger partial charge in [-0.25, -0.2) is 13.1 Å². The van der Waals surface area contributed by atoms with Gasteiger partial charge in [0.15, 0.2) is 4.90 Å². The quantitative estimate of drug-likeness (QED) is 0.509. The van der Waals surface area contributed by atoms with E-state index in [1.807, 2.05) is 0 Å². The zero-order chi connectivity index (χ0) is 12.3. The van der Waals surface area contributed by atoms with Crippen LogP contribution in [-0.4, -0.2) is 24.9 Å². The number of nitrogens with one attached hydrogen (secondary N) is 1. The van der Waals surface area contributed by atoms with E-state index in [4.69, 9.17) is 0 Å². The lowest BCUT2D eigenvalue weighted by molar-refractivity contribution is -0.392. The van der Waals surface area contributed by atoms with Crippen LogP contribution in [0.5, 0.6) is 0 Å². The lowest BCUT2D eigenvalue weighted by atomic mass is 10.5. The zero-order valence-corrected chi connectivity index (χ0v) is 10.6. The number of aromatic nitrogens is 1. The molecule has 1 N–H and O–H groups in total. The van der Waals surface area contributed by atoms with Crippen LogP contribution in [0.25, 0.3) is 0 Å². The Morgan fingerprint density at radius 1 is 1.56 bits per heavy atom. The standard InChI is InChI=1S/C7H8BrN3O4S/c1-2-9-16(14,15)5-3-4-6(8)10-7(5)11(12)13/h3-4,9H,2H2,1H3. The van der Waals surface area contributed by atoms with Gasteiger partial charge in [-0.2, -0.15) is 0 Å². The smallest absolute Gasteiger partial charge is 0.358 e. The van der Waals surface area contributed by atoms with Crippen LogP contribution in [0.2, 0.25) is 0 Å². The molecule has 0 aliphatic rings. The highest BCUT2D eigenvalue weighted by Gasteiger charge is 2.27. The SMILES string of the molecule is CCNS(=O)(=O)c1ccc(Br)nc1[N+](=O)[O-]. The molecule has 0 aromatic carbocycles. The van der Waals surface area contributed by atoms with E-state index in [9.17, 15) is 18.5 Å². The van der Waals surface area contributed by atoms with Gasteiger partial charge in [-0.05, 0) is 22.0 Å². The van der Waals surface area contributed by atoms with E-state index in [1.165, 1.54) is 6.07 Å². The van der Waals surface area contributed by atoms with Gasteiger partial charge in [0.2, 0.25) is 14.6 Å². The molecule has 1 rings (SSSR count). The second kappa shape index (κ2) is 4.85. The van der Waals surface area contributed by atoms with E-state index in [-0.39, 0.29) is 11.1 Å². The van der Waals surface area contributed by atoms with Crippen LogP contribution in [0.3, 0.4) is 0 Å². The number of halogens is 1. The van der Waals surface area contributed by atoms with E-state index in [2.05, 4.69) is 25.6 Å². The Kier molecular flexibility index (Phi) is 3.94. The predicted molar refractivity (Wildman–Crippen MR) is 59.5 cm³/mol. The van der Waals surface area contributed by atoms with Gasteiger partial charge in [0.05, 0.1) is 0 Å². The van der Waals surface area contributed by atoms with Crippen LogP contribution in [0.15, 0.2) is 21.6 Å². The van der Waals surface area contributed by atoms with E-state index < -0.39 is 25.7 Å². The van der Waals surface area contributed by atoms with Gasteiger partial charge < -0.3 is 10.1 Å². The Hall–Kier alpha value is -1.06. The molecular weight excluding hydrogens is 302 g/mol. The molecule has 0 atom stereocenters. The van der Waals surface area contributed by atoms with Crippen molar-refractivity contribution in [3.8, 4) is 0 Å². The van der Waals surface area contributed by atoms with Crippen molar-refractivity contribution in [2.24, 2.45) is 0 Å². The molecule has 0 fully saturated rings. The van der Waals surface area contributed by atoms with Gasteiger partial charge in [-0.3, -0.25) is 0 Å². The maximum absolute atomic E-state index is 11.6. The Bertz CT molecular complexity index is 516. The third-order valence-corrected chi connectivity index (χ3v) is 3.61. The minimum Gasteiger partial charge on any atom is -0.358 e. The maximum Gasteiger partial charge on any atom is 0.384 e. The second-order valence-electron chi connectivity index (χ2n) is 2.71. The number of sulfonamides is 1. The van der Waals surface area contributed by atoms with E-state index in [0.29, 0.717) is 0 Å². The van der Waals surface area contributed by atoms with Crippen LogP contribution >= 0.6 is 15.9 Å². The Balaban J connectivity index is 3.39.